The zero-order chi connectivity index (χ0) is 16.0. The van der Waals surface area contributed by atoms with E-state index in [2.05, 4.69) is 37.9 Å². The number of nitrogens with zero attached hydrogens (tertiary/aromatic N) is 1. The van der Waals surface area contributed by atoms with E-state index >= 15 is 0 Å². The second-order valence-electron chi connectivity index (χ2n) is 6.25. The molecule has 3 N–H and O–H groups in total. The highest BCUT2D eigenvalue weighted by atomic mass is 16.2. The summed E-state index contributed by atoms with van der Waals surface area (Å²) < 4.78 is 0. The van der Waals surface area contributed by atoms with Crippen molar-refractivity contribution < 1.29 is 4.79 Å². The van der Waals surface area contributed by atoms with Gasteiger partial charge in [0.25, 0.3) is 0 Å². The van der Waals surface area contributed by atoms with Crippen molar-refractivity contribution in [3.05, 3.63) is 29.8 Å². The lowest BCUT2D eigenvalue weighted by Gasteiger charge is -2.33. The van der Waals surface area contributed by atoms with Gasteiger partial charge in [-0.15, -0.1) is 0 Å². The maximum Gasteiger partial charge on any atom is 0.241 e. The van der Waals surface area contributed by atoms with E-state index in [9.17, 15) is 4.79 Å². The highest BCUT2D eigenvalue weighted by Crippen LogP contribution is 2.14. The van der Waals surface area contributed by atoms with Crippen LogP contribution in [0.3, 0.4) is 0 Å². The first-order chi connectivity index (χ1) is 9.85. The summed E-state index contributed by atoms with van der Waals surface area (Å²) in [6.07, 6.45) is 0. The SMILES string of the molecule is CC(C)CN(C(C)C)C(C)C(=O)Nc1cccc(CN)c1. The van der Waals surface area contributed by atoms with Gasteiger partial charge in [-0.2, -0.15) is 0 Å². The van der Waals surface area contributed by atoms with Crippen molar-refractivity contribution in [1.29, 1.82) is 0 Å². The third kappa shape index (κ3) is 5.48. The van der Waals surface area contributed by atoms with Crippen LogP contribution in [0, 0.1) is 5.92 Å². The molecule has 1 unspecified atom stereocenters. The summed E-state index contributed by atoms with van der Waals surface area (Å²) in [7, 11) is 0. The summed E-state index contributed by atoms with van der Waals surface area (Å²) >= 11 is 0. The highest BCUT2D eigenvalue weighted by molar-refractivity contribution is 5.94. The first kappa shape index (κ1) is 17.7. The second-order valence-corrected chi connectivity index (χ2v) is 6.25. The van der Waals surface area contributed by atoms with Crippen molar-refractivity contribution >= 4 is 11.6 Å². The Balaban J connectivity index is 2.75. The van der Waals surface area contributed by atoms with Crippen LogP contribution in [0.4, 0.5) is 5.69 Å². The molecule has 21 heavy (non-hydrogen) atoms. The number of nitrogens with one attached hydrogen (secondary N) is 1. The van der Waals surface area contributed by atoms with Gasteiger partial charge >= 0.3 is 0 Å². The molecular formula is C17H29N3O. The quantitative estimate of drug-likeness (QED) is 0.812. The van der Waals surface area contributed by atoms with Gasteiger partial charge in [-0.05, 0) is 44.4 Å². The molecule has 0 aromatic heterocycles. The molecule has 1 rings (SSSR count). The number of nitrogens with two attached hydrogens (primary N) is 1. The number of anilines is 1. The van der Waals surface area contributed by atoms with E-state index in [1.165, 1.54) is 0 Å². The van der Waals surface area contributed by atoms with Crippen molar-refractivity contribution in [2.45, 2.75) is 53.2 Å². The lowest BCUT2D eigenvalue weighted by atomic mass is 10.1. The molecule has 0 aliphatic rings. The molecule has 0 fully saturated rings. The molecule has 0 saturated carbocycles. The van der Waals surface area contributed by atoms with Gasteiger partial charge in [-0.3, -0.25) is 9.69 Å². The van der Waals surface area contributed by atoms with Crippen molar-refractivity contribution in [2.75, 3.05) is 11.9 Å². The number of amides is 1. The molecule has 4 heteroatoms. The molecule has 0 spiro atoms. The third-order valence-corrected chi connectivity index (χ3v) is 3.55. The number of carbonyl (C=O) groups excluding carboxylic acids is 1. The largest absolute Gasteiger partial charge is 0.326 e. The minimum Gasteiger partial charge on any atom is -0.326 e. The summed E-state index contributed by atoms with van der Waals surface area (Å²) in [6, 6.07) is 7.87. The van der Waals surface area contributed by atoms with Gasteiger partial charge < -0.3 is 11.1 Å². The van der Waals surface area contributed by atoms with Crippen LogP contribution in [-0.4, -0.2) is 29.4 Å². The summed E-state index contributed by atoms with van der Waals surface area (Å²) in [5.74, 6) is 0.557. The van der Waals surface area contributed by atoms with Gasteiger partial charge in [0.15, 0.2) is 0 Å². The summed E-state index contributed by atoms with van der Waals surface area (Å²) in [5, 5.41) is 2.99. The van der Waals surface area contributed by atoms with Crippen LogP contribution in [0.5, 0.6) is 0 Å². The fourth-order valence-electron chi connectivity index (χ4n) is 2.41. The molecule has 1 atom stereocenters. The second kappa shape index (κ2) is 8.15. The molecule has 1 amide bonds. The van der Waals surface area contributed by atoms with E-state index in [-0.39, 0.29) is 11.9 Å². The first-order valence-electron chi connectivity index (χ1n) is 7.70. The van der Waals surface area contributed by atoms with Gasteiger partial charge in [0.1, 0.15) is 0 Å². The standard InChI is InChI=1S/C17H29N3O/c1-12(2)11-20(13(3)4)14(5)17(21)19-16-8-6-7-15(9-16)10-18/h6-9,12-14H,10-11,18H2,1-5H3,(H,19,21). The fourth-order valence-corrected chi connectivity index (χ4v) is 2.41. The van der Waals surface area contributed by atoms with E-state index in [1.807, 2.05) is 31.2 Å². The first-order valence-corrected chi connectivity index (χ1v) is 7.70. The van der Waals surface area contributed by atoms with Crippen molar-refractivity contribution in [3.63, 3.8) is 0 Å². The summed E-state index contributed by atoms with van der Waals surface area (Å²) in [4.78, 5) is 14.7. The van der Waals surface area contributed by atoms with Crippen LogP contribution in [0.1, 0.15) is 40.2 Å². The van der Waals surface area contributed by atoms with E-state index in [1.54, 1.807) is 0 Å². The Hall–Kier alpha value is -1.39. The van der Waals surface area contributed by atoms with E-state index in [4.69, 9.17) is 5.73 Å². The molecule has 0 bridgehead atoms. The van der Waals surface area contributed by atoms with Gasteiger partial charge in [-0.25, -0.2) is 0 Å². The van der Waals surface area contributed by atoms with Gasteiger partial charge in [0.2, 0.25) is 5.91 Å². The Morgan fingerprint density at radius 2 is 1.90 bits per heavy atom. The number of benzene rings is 1. The zero-order valence-corrected chi connectivity index (χ0v) is 13.9. The number of carbonyl (C=O) groups is 1. The van der Waals surface area contributed by atoms with Gasteiger partial charge in [0, 0.05) is 24.8 Å². The van der Waals surface area contributed by atoms with Crippen molar-refractivity contribution in [2.24, 2.45) is 11.7 Å². The average molecular weight is 291 g/mol. The molecule has 0 radical (unpaired) electrons. The molecule has 0 saturated heterocycles. The number of hydrogen-bond donors (Lipinski definition) is 2. The Morgan fingerprint density at radius 1 is 1.24 bits per heavy atom. The molecule has 0 heterocycles. The van der Waals surface area contributed by atoms with Crippen molar-refractivity contribution in [1.82, 2.24) is 4.90 Å². The van der Waals surface area contributed by atoms with Gasteiger partial charge in [0.05, 0.1) is 6.04 Å². The highest BCUT2D eigenvalue weighted by Gasteiger charge is 2.24. The maximum absolute atomic E-state index is 12.5. The van der Waals surface area contributed by atoms with Crippen LogP contribution in [0.25, 0.3) is 0 Å². The van der Waals surface area contributed by atoms with Crippen molar-refractivity contribution in [3.8, 4) is 0 Å². The summed E-state index contributed by atoms with van der Waals surface area (Å²) in [5.41, 5.74) is 7.46. The predicted octanol–water partition coefficient (Wildman–Crippen LogP) is 2.84. The Kier molecular flexibility index (Phi) is 6.85. The van der Waals surface area contributed by atoms with E-state index < -0.39 is 0 Å². The van der Waals surface area contributed by atoms with Crippen LogP contribution in [0.15, 0.2) is 24.3 Å². The van der Waals surface area contributed by atoms with Crippen LogP contribution in [-0.2, 0) is 11.3 Å². The third-order valence-electron chi connectivity index (χ3n) is 3.55. The van der Waals surface area contributed by atoms with Crippen LogP contribution >= 0.6 is 0 Å². The smallest absolute Gasteiger partial charge is 0.241 e. The van der Waals surface area contributed by atoms with Crippen LogP contribution < -0.4 is 11.1 Å². The molecule has 1 aromatic carbocycles. The topological polar surface area (TPSA) is 58.4 Å². The molecule has 118 valence electrons. The van der Waals surface area contributed by atoms with E-state index in [0.29, 0.717) is 18.5 Å². The normalized spacial score (nSPS) is 13.0. The average Bonchev–Trinajstić information content (AvgIpc) is 2.43. The Bertz CT molecular complexity index is 457. The number of rotatable bonds is 7. The lowest BCUT2D eigenvalue weighted by Crippen LogP contribution is -2.47. The minimum atomic E-state index is -0.158. The molecule has 4 nitrogen and oxygen atoms in total. The zero-order valence-electron chi connectivity index (χ0n) is 13.9. The predicted molar refractivity (Wildman–Crippen MR) is 89.1 cm³/mol. The molecule has 0 aliphatic carbocycles. The molecular weight excluding hydrogens is 262 g/mol. The molecule has 1 aromatic rings. The molecule has 0 aliphatic heterocycles. The monoisotopic (exact) mass is 291 g/mol. The maximum atomic E-state index is 12.5. The van der Waals surface area contributed by atoms with Crippen LogP contribution in [0.2, 0.25) is 0 Å². The minimum absolute atomic E-state index is 0.0264. The fraction of sp³-hybridized carbons (Fsp3) is 0.588. The summed E-state index contributed by atoms with van der Waals surface area (Å²) in [6.45, 7) is 11.9. The lowest BCUT2D eigenvalue weighted by molar-refractivity contribution is -0.121. The van der Waals surface area contributed by atoms with E-state index in [0.717, 1.165) is 17.8 Å². The Labute approximate surface area is 128 Å². The van der Waals surface area contributed by atoms with Gasteiger partial charge in [-0.1, -0.05) is 26.0 Å². The Morgan fingerprint density at radius 3 is 2.43 bits per heavy atom. The number of hydrogen-bond acceptors (Lipinski definition) is 3.